The van der Waals surface area contributed by atoms with Crippen molar-refractivity contribution in [2.45, 2.75) is 12.8 Å². The van der Waals surface area contributed by atoms with E-state index in [-0.39, 0.29) is 23.3 Å². The van der Waals surface area contributed by atoms with Crippen LogP contribution in [0.3, 0.4) is 0 Å². The van der Waals surface area contributed by atoms with Crippen molar-refractivity contribution < 1.29 is 19.4 Å². The number of hydrogen-bond donors (Lipinski definition) is 1. The summed E-state index contributed by atoms with van der Waals surface area (Å²) in [5, 5.41) is 15.2. The maximum absolute atomic E-state index is 13.2. The van der Waals surface area contributed by atoms with Gasteiger partial charge in [-0.15, -0.1) is 0 Å². The largest absolute Gasteiger partial charge is 0.496 e. The second-order valence-electron chi connectivity index (χ2n) is 6.99. The first-order valence-corrected chi connectivity index (χ1v) is 10.0. The lowest BCUT2D eigenvalue weighted by Gasteiger charge is -2.37. The van der Waals surface area contributed by atoms with E-state index in [9.17, 15) is 9.59 Å². The smallest absolute Gasteiger partial charge is 0.335 e. The monoisotopic (exact) mass is 454 g/mol. The average Bonchev–Trinajstić information content (AvgIpc) is 2.74. The molecule has 1 N–H and O–H groups in total. The number of hydrogen-bond acceptors (Lipinski definition) is 4. The summed E-state index contributed by atoms with van der Waals surface area (Å²) in [6.07, 6.45) is 5.55. The summed E-state index contributed by atoms with van der Waals surface area (Å²) < 4.78 is 6.14. The van der Waals surface area contributed by atoms with Gasteiger partial charge in [-0.25, -0.2) is 9.80 Å². The topological polar surface area (TPSA) is 79.2 Å². The fourth-order valence-corrected chi connectivity index (χ4v) is 4.35. The van der Waals surface area contributed by atoms with Gasteiger partial charge in [-0.05, 0) is 76.8 Å². The van der Waals surface area contributed by atoms with Gasteiger partial charge in [-0.3, -0.25) is 4.79 Å². The summed E-state index contributed by atoms with van der Waals surface area (Å²) >= 11 is 3.53. The first kappa shape index (κ1) is 19.4. The molecule has 6 nitrogen and oxygen atoms in total. The Morgan fingerprint density at radius 2 is 1.83 bits per heavy atom. The van der Waals surface area contributed by atoms with E-state index < -0.39 is 5.97 Å². The molecule has 0 saturated carbocycles. The number of fused-ring (bicyclic) bond motifs is 1. The number of carboxylic acid groups (broad SMARTS) is 1. The van der Waals surface area contributed by atoms with Crippen LogP contribution >= 0.6 is 15.9 Å². The quantitative estimate of drug-likeness (QED) is 0.690. The molecule has 0 spiro atoms. The van der Waals surface area contributed by atoms with E-state index in [4.69, 9.17) is 14.9 Å². The fourth-order valence-electron chi connectivity index (χ4n) is 3.81. The molecule has 29 heavy (non-hydrogen) atoms. The first-order valence-electron chi connectivity index (χ1n) is 9.24. The number of nitrogens with zero attached hydrogens (tertiary/aromatic N) is 2. The minimum absolute atomic E-state index is 0.00216. The number of hydrazone groups is 1. The fraction of sp³-hybridized carbons (Fsp3) is 0.227. The van der Waals surface area contributed by atoms with Gasteiger partial charge >= 0.3 is 5.97 Å². The van der Waals surface area contributed by atoms with Gasteiger partial charge in [0.05, 0.1) is 34.5 Å². The number of methoxy groups -OCH3 is 1. The summed E-state index contributed by atoms with van der Waals surface area (Å²) in [5.74, 6) is -0.553. The third-order valence-electron chi connectivity index (χ3n) is 5.32. The summed E-state index contributed by atoms with van der Waals surface area (Å²) in [4.78, 5) is 24.3. The van der Waals surface area contributed by atoms with Crippen molar-refractivity contribution in [2.75, 3.05) is 12.1 Å². The summed E-state index contributed by atoms with van der Waals surface area (Å²) in [7, 11) is 1.61. The van der Waals surface area contributed by atoms with Crippen molar-refractivity contribution in [1.29, 1.82) is 0 Å². The minimum atomic E-state index is -1.01. The van der Waals surface area contributed by atoms with Crippen LogP contribution in [0, 0.1) is 11.8 Å². The van der Waals surface area contributed by atoms with Gasteiger partial charge < -0.3 is 9.84 Å². The zero-order valence-corrected chi connectivity index (χ0v) is 17.3. The first-order chi connectivity index (χ1) is 14.0. The van der Waals surface area contributed by atoms with Crippen molar-refractivity contribution in [2.24, 2.45) is 16.9 Å². The molecule has 148 valence electrons. The Balaban J connectivity index is 1.79. The molecule has 7 heteroatoms. The average molecular weight is 455 g/mol. The molecule has 2 atom stereocenters. The SMILES string of the molecule is COc1ccc(C2=NN(c3ccc(C(=O)O)cc3)C(=O)C3CC=CCC23)cc1Br. The molecule has 0 aromatic heterocycles. The second kappa shape index (κ2) is 7.83. The molecule has 4 rings (SSSR count). The molecule has 2 aromatic carbocycles. The van der Waals surface area contributed by atoms with Gasteiger partial charge in [0.15, 0.2) is 0 Å². The van der Waals surface area contributed by atoms with Crippen LogP contribution in [0.25, 0.3) is 0 Å². The number of rotatable bonds is 4. The van der Waals surface area contributed by atoms with Crippen molar-refractivity contribution in [3.63, 3.8) is 0 Å². The van der Waals surface area contributed by atoms with E-state index in [2.05, 4.69) is 22.0 Å². The van der Waals surface area contributed by atoms with Crippen LogP contribution < -0.4 is 9.75 Å². The van der Waals surface area contributed by atoms with Crippen LogP contribution in [0.5, 0.6) is 5.75 Å². The molecular weight excluding hydrogens is 436 g/mol. The minimum Gasteiger partial charge on any atom is -0.496 e. The van der Waals surface area contributed by atoms with E-state index in [1.807, 2.05) is 24.3 Å². The predicted octanol–water partition coefficient (Wildman–Crippen LogP) is 4.49. The number of allylic oxidation sites excluding steroid dienone is 2. The molecule has 2 aliphatic rings. The molecule has 0 bridgehead atoms. The number of benzene rings is 2. The van der Waals surface area contributed by atoms with Crippen LogP contribution in [0.15, 0.2) is 64.2 Å². The number of carboxylic acids is 1. The normalized spacial score (nSPS) is 20.8. The predicted molar refractivity (Wildman–Crippen MR) is 113 cm³/mol. The van der Waals surface area contributed by atoms with Gasteiger partial charge in [0, 0.05) is 5.92 Å². The van der Waals surface area contributed by atoms with Crippen LogP contribution in [0.1, 0.15) is 28.8 Å². The Morgan fingerprint density at radius 3 is 2.45 bits per heavy atom. The van der Waals surface area contributed by atoms with E-state index in [1.165, 1.54) is 17.1 Å². The molecule has 1 aliphatic carbocycles. The second-order valence-corrected chi connectivity index (χ2v) is 7.85. The number of ether oxygens (including phenoxy) is 1. The van der Waals surface area contributed by atoms with Gasteiger partial charge in [0.25, 0.3) is 5.91 Å². The molecule has 2 aromatic rings. The Hall–Kier alpha value is -2.93. The lowest BCUT2D eigenvalue weighted by atomic mass is 9.76. The third kappa shape index (κ3) is 3.58. The van der Waals surface area contributed by atoms with Gasteiger partial charge in [0.2, 0.25) is 0 Å². The maximum Gasteiger partial charge on any atom is 0.335 e. The highest BCUT2D eigenvalue weighted by molar-refractivity contribution is 9.10. The van der Waals surface area contributed by atoms with Crippen molar-refractivity contribution in [3.05, 3.63) is 70.2 Å². The van der Waals surface area contributed by atoms with E-state index in [1.54, 1.807) is 19.2 Å². The van der Waals surface area contributed by atoms with Crippen LogP contribution in [0.4, 0.5) is 5.69 Å². The van der Waals surface area contributed by atoms with E-state index >= 15 is 0 Å². The highest BCUT2D eigenvalue weighted by Gasteiger charge is 2.40. The van der Waals surface area contributed by atoms with E-state index in [0.717, 1.165) is 27.9 Å². The Kier molecular flexibility index (Phi) is 5.24. The molecular formula is C22H19BrN2O4. The number of halogens is 1. The molecule has 0 saturated heterocycles. The Labute approximate surface area is 176 Å². The van der Waals surface area contributed by atoms with E-state index in [0.29, 0.717) is 12.1 Å². The summed E-state index contributed by atoms with van der Waals surface area (Å²) in [6, 6.07) is 12.0. The Morgan fingerprint density at radius 1 is 1.14 bits per heavy atom. The highest BCUT2D eigenvalue weighted by Crippen LogP contribution is 2.37. The number of aromatic carboxylic acids is 1. The van der Waals surface area contributed by atoms with Gasteiger partial charge in [0.1, 0.15) is 5.75 Å². The lowest BCUT2D eigenvalue weighted by molar-refractivity contribution is -0.123. The summed E-state index contributed by atoms with van der Waals surface area (Å²) in [5.41, 5.74) is 2.48. The Bertz CT molecular complexity index is 1030. The van der Waals surface area contributed by atoms with Crippen LogP contribution in [-0.2, 0) is 4.79 Å². The number of carbonyl (C=O) groups is 2. The molecule has 1 amide bonds. The summed E-state index contributed by atoms with van der Waals surface area (Å²) in [6.45, 7) is 0. The third-order valence-corrected chi connectivity index (χ3v) is 5.94. The molecule has 1 heterocycles. The number of carbonyl (C=O) groups excluding carboxylic acids is 1. The zero-order valence-electron chi connectivity index (χ0n) is 15.7. The van der Waals surface area contributed by atoms with Crippen molar-refractivity contribution in [1.82, 2.24) is 0 Å². The molecule has 0 radical (unpaired) electrons. The highest BCUT2D eigenvalue weighted by atomic mass is 79.9. The maximum atomic E-state index is 13.2. The zero-order chi connectivity index (χ0) is 20.5. The number of amides is 1. The van der Waals surface area contributed by atoms with Crippen LogP contribution in [0.2, 0.25) is 0 Å². The van der Waals surface area contributed by atoms with Crippen LogP contribution in [-0.4, -0.2) is 29.8 Å². The van der Waals surface area contributed by atoms with Gasteiger partial charge in [-0.2, -0.15) is 5.10 Å². The lowest BCUT2D eigenvalue weighted by Crippen LogP contribution is -2.45. The van der Waals surface area contributed by atoms with Crippen molar-refractivity contribution >= 4 is 39.2 Å². The standard InChI is InChI=1S/C22H19BrN2O4/c1-29-19-11-8-14(12-18(19)23)20-16-4-2-3-5-17(16)21(26)25(24-20)15-9-6-13(7-10-15)22(27)28/h2-3,6-12,16-17H,4-5H2,1H3,(H,27,28). The van der Waals surface area contributed by atoms with Crippen molar-refractivity contribution in [3.8, 4) is 5.75 Å². The van der Waals surface area contributed by atoms with Gasteiger partial charge in [-0.1, -0.05) is 12.2 Å². The molecule has 1 aliphatic heterocycles. The number of anilines is 1. The molecule has 2 unspecified atom stereocenters. The molecule has 0 fully saturated rings.